The molecule has 0 amide bonds. The first-order chi connectivity index (χ1) is 12.8. The first kappa shape index (κ1) is 21.3. The number of carbonyl (C=O) groups is 1. The van der Waals surface area contributed by atoms with Crippen LogP contribution < -0.4 is 4.31 Å². The van der Waals surface area contributed by atoms with E-state index in [4.69, 9.17) is 16.3 Å². The van der Waals surface area contributed by atoms with E-state index < -0.39 is 16.0 Å². The van der Waals surface area contributed by atoms with Gasteiger partial charge in [0.15, 0.2) is 0 Å². The van der Waals surface area contributed by atoms with Crippen molar-refractivity contribution in [2.75, 3.05) is 17.5 Å². The quantitative estimate of drug-likeness (QED) is 0.612. The monoisotopic (exact) mass is 409 g/mol. The predicted molar refractivity (Wildman–Crippen MR) is 108 cm³/mol. The molecule has 0 aliphatic rings. The zero-order valence-electron chi connectivity index (χ0n) is 15.7. The van der Waals surface area contributed by atoms with Gasteiger partial charge < -0.3 is 4.74 Å². The molecule has 0 spiro atoms. The van der Waals surface area contributed by atoms with Gasteiger partial charge in [0.25, 0.3) is 10.0 Å². The van der Waals surface area contributed by atoms with Crippen molar-refractivity contribution in [3.05, 3.63) is 58.6 Å². The molecule has 0 aliphatic carbocycles. The zero-order chi connectivity index (χ0) is 20.0. The number of rotatable bonds is 8. The number of halogens is 1. The summed E-state index contributed by atoms with van der Waals surface area (Å²) >= 11 is 5.90. The van der Waals surface area contributed by atoms with Crippen molar-refractivity contribution >= 4 is 33.3 Å². The summed E-state index contributed by atoms with van der Waals surface area (Å²) in [5, 5.41) is 0.439. The van der Waals surface area contributed by atoms with Gasteiger partial charge in [-0.25, -0.2) is 8.42 Å². The minimum absolute atomic E-state index is 0.0733. The van der Waals surface area contributed by atoms with E-state index in [1.54, 1.807) is 6.92 Å². The van der Waals surface area contributed by atoms with Gasteiger partial charge in [-0.1, -0.05) is 43.6 Å². The van der Waals surface area contributed by atoms with Crippen LogP contribution in [0.2, 0.25) is 5.02 Å². The van der Waals surface area contributed by atoms with Crippen LogP contribution in [0.5, 0.6) is 0 Å². The van der Waals surface area contributed by atoms with Crippen LogP contribution in [-0.2, 0) is 32.4 Å². The highest BCUT2D eigenvalue weighted by Crippen LogP contribution is 2.32. The Balaban J connectivity index is 2.66. The van der Waals surface area contributed by atoms with Crippen molar-refractivity contribution in [2.24, 2.45) is 0 Å². The topological polar surface area (TPSA) is 63.7 Å². The van der Waals surface area contributed by atoms with Gasteiger partial charge in [0.1, 0.15) is 6.54 Å². The van der Waals surface area contributed by atoms with Gasteiger partial charge in [-0.05, 0) is 55.2 Å². The third-order valence-electron chi connectivity index (χ3n) is 4.19. The molecule has 0 aromatic heterocycles. The molecule has 0 saturated heterocycles. The maximum atomic E-state index is 13.4. The molecule has 0 radical (unpaired) electrons. The maximum absolute atomic E-state index is 13.4. The number of hydrogen-bond acceptors (Lipinski definition) is 4. The van der Waals surface area contributed by atoms with E-state index in [0.717, 1.165) is 15.4 Å². The Kier molecular flexibility index (Phi) is 7.27. The Bertz CT molecular complexity index is 872. The minimum atomic E-state index is -3.98. The van der Waals surface area contributed by atoms with Crippen molar-refractivity contribution < 1.29 is 17.9 Å². The van der Waals surface area contributed by atoms with Gasteiger partial charge in [0.2, 0.25) is 0 Å². The number of aryl methyl sites for hydroxylation is 2. The average Bonchev–Trinajstić information content (AvgIpc) is 2.66. The van der Waals surface area contributed by atoms with E-state index in [9.17, 15) is 13.2 Å². The van der Waals surface area contributed by atoms with E-state index in [-0.39, 0.29) is 18.0 Å². The molecule has 2 rings (SSSR count). The molecule has 7 heteroatoms. The number of para-hydroxylation sites is 1. The second-order valence-electron chi connectivity index (χ2n) is 5.90. The molecule has 0 unspecified atom stereocenters. The highest BCUT2D eigenvalue weighted by Gasteiger charge is 2.30. The molecular formula is C20H24ClNO4S. The Labute approximate surface area is 166 Å². The van der Waals surface area contributed by atoms with Crippen LogP contribution in [0.1, 0.15) is 31.9 Å². The van der Waals surface area contributed by atoms with Gasteiger partial charge in [-0.15, -0.1) is 0 Å². The lowest BCUT2D eigenvalue weighted by Crippen LogP contribution is -2.38. The second-order valence-corrected chi connectivity index (χ2v) is 8.20. The number of benzene rings is 2. The first-order valence-corrected chi connectivity index (χ1v) is 10.7. The van der Waals surface area contributed by atoms with Gasteiger partial charge in [0.05, 0.1) is 17.2 Å². The summed E-state index contributed by atoms with van der Waals surface area (Å²) in [5.41, 5.74) is 2.26. The number of sulfonamides is 1. The summed E-state index contributed by atoms with van der Waals surface area (Å²) in [6, 6.07) is 11.6. The third kappa shape index (κ3) is 4.82. The largest absolute Gasteiger partial charge is 0.465 e. The van der Waals surface area contributed by atoms with Crippen LogP contribution >= 0.6 is 11.6 Å². The number of anilines is 1. The van der Waals surface area contributed by atoms with Crippen molar-refractivity contribution in [2.45, 2.75) is 38.5 Å². The average molecular weight is 410 g/mol. The minimum Gasteiger partial charge on any atom is -0.465 e. The van der Waals surface area contributed by atoms with Gasteiger partial charge in [0, 0.05) is 5.02 Å². The molecule has 0 atom stereocenters. The van der Waals surface area contributed by atoms with Crippen LogP contribution in [0, 0.1) is 0 Å². The molecule has 27 heavy (non-hydrogen) atoms. The number of esters is 1. The molecule has 146 valence electrons. The number of nitrogens with zero attached hydrogens (tertiary/aromatic N) is 1. The molecular weight excluding hydrogens is 386 g/mol. The highest BCUT2D eigenvalue weighted by molar-refractivity contribution is 7.92. The van der Waals surface area contributed by atoms with E-state index >= 15 is 0 Å². The lowest BCUT2D eigenvalue weighted by Gasteiger charge is -2.28. The molecule has 0 bridgehead atoms. The molecule has 0 saturated carbocycles. The van der Waals surface area contributed by atoms with Crippen LogP contribution in [0.4, 0.5) is 5.69 Å². The number of carbonyl (C=O) groups excluding carboxylic acids is 1. The summed E-state index contributed by atoms with van der Waals surface area (Å²) in [6.45, 7) is 5.39. The van der Waals surface area contributed by atoms with Gasteiger partial charge >= 0.3 is 5.97 Å². The molecule has 2 aromatic rings. The zero-order valence-corrected chi connectivity index (χ0v) is 17.3. The Hall–Kier alpha value is -2.05. The first-order valence-electron chi connectivity index (χ1n) is 8.89. The fraction of sp³-hybridized carbons (Fsp3) is 0.350. The highest BCUT2D eigenvalue weighted by atomic mass is 35.5. The van der Waals surface area contributed by atoms with E-state index in [1.165, 1.54) is 24.3 Å². The normalized spacial score (nSPS) is 11.3. The molecule has 0 N–H and O–H groups in total. The van der Waals surface area contributed by atoms with Crippen molar-refractivity contribution in [1.29, 1.82) is 0 Å². The fourth-order valence-electron chi connectivity index (χ4n) is 2.88. The number of hydrogen-bond donors (Lipinski definition) is 0. The molecule has 0 heterocycles. The van der Waals surface area contributed by atoms with E-state index in [1.807, 2.05) is 32.0 Å². The third-order valence-corrected chi connectivity index (χ3v) is 6.21. The Morgan fingerprint density at radius 1 is 1.00 bits per heavy atom. The fourth-order valence-corrected chi connectivity index (χ4v) is 4.49. The predicted octanol–water partition coefficient (Wildman–Crippen LogP) is 4.22. The van der Waals surface area contributed by atoms with Crippen LogP contribution in [-0.4, -0.2) is 27.5 Å². The lowest BCUT2D eigenvalue weighted by atomic mass is 10.0. The Morgan fingerprint density at radius 2 is 1.56 bits per heavy atom. The summed E-state index contributed by atoms with van der Waals surface area (Å²) < 4.78 is 33.0. The summed E-state index contributed by atoms with van der Waals surface area (Å²) in [6.07, 6.45) is 1.28. The van der Waals surface area contributed by atoms with Crippen LogP contribution in [0.25, 0.3) is 0 Å². The molecule has 0 fully saturated rings. The van der Waals surface area contributed by atoms with Crippen LogP contribution in [0.3, 0.4) is 0 Å². The molecule has 5 nitrogen and oxygen atoms in total. The molecule has 2 aromatic carbocycles. The van der Waals surface area contributed by atoms with Crippen LogP contribution in [0.15, 0.2) is 47.4 Å². The standard InChI is InChI=1S/C20H24ClNO4S/c1-4-15-8-7-9-16(5-2)20(15)22(14-19(23)26-6-3)27(24,25)18-12-10-17(21)11-13-18/h7-13H,4-6,14H2,1-3H3. The summed E-state index contributed by atoms with van der Waals surface area (Å²) in [7, 11) is -3.98. The number of ether oxygens (including phenoxy) is 1. The Morgan fingerprint density at radius 3 is 2.04 bits per heavy atom. The van der Waals surface area contributed by atoms with Crippen molar-refractivity contribution in [3.8, 4) is 0 Å². The van der Waals surface area contributed by atoms with Crippen molar-refractivity contribution in [1.82, 2.24) is 0 Å². The SMILES string of the molecule is CCOC(=O)CN(c1c(CC)cccc1CC)S(=O)(=O)c1ccc(Cl)cc1. The summed E-state index contributed by atoms with van der Waals surface area (Å²) in [4.78, 5) is 12.3. The second kappa shape index (κ2) is 9.24. The molecule has 0 aliphatic heterocycles. The maximum Gasteiger partial charge on any atom is 0.326 e. The smallest absolute Gasteiger partial charge is 0.326 e. The van der Waals surface area contributed by atoms with Gasteiger partial charge in [-0.3, -0.25) is 9.10 Å². The summed E-state index contributed by atoms with van der Waals surface area (Å²) in [5.74, 6) is -0.594. The van der Waals surface area contributed by atoms with E-state index in [2.05, 4.69) is 0 Å². The van der Waals surface area contributed by atoms with Gasteiger partial charge in [-0.2, -0.15) is 0 Å². The van der Waals surface area contributed by atoms with Crippen molar-refractivity contribution in [3.63, 3.8) is 0 Å². The lowest BCUT2D eigenvalue weighted by molar-refractivity contribution is -0.141. The van der Waals surface area contributed by atoms with E-state index in [0.29, 0.717) is 23.6 Å².